The number of Topliss-reactive ketones (excluding diaryl/α,β-unsaturated/α-hetero) is 1. The molecule has 25 heavy (non-hydrogen) atoms. The maximum Gasteiger partial charge on any atom is 0.159 e. The highest BCUT2D eigenvalue weighted by Crippen LogP contribution is 2.33. The van der Waals surface area contributed by atoms with E-state index in [1.54, 1.807) is 6.20 Å². The maximum absolute atomic E-state index is 12.6. The number of ketones is 1. The minimum absolute atomic E-state index is 0.144. The Bertz CT molecular complexity index is 914. The van der Waals surface area contributed by atoms with E-state index < -0.39 is 0 Å². The maximum atomic E-state index is 12.6. The average molecular weight is 336 g/mol. The zero-order valence-electron chi connectivity index (χ0n) is 14.8. The molecule has 5 heteroatoms. The third-order valence-corrected chi connectivity index (χ3v) is 5.10. The number of nitrogens with zero attached hydrogens (tertiary/aromatic N) is 3. The molecule has 4 rings (SSSR count). The van der Waals surface area contributed by atoms with E-state index in [0.29, 0.717) is 18.1 Å². The van der Waals surface area contributed by atoms with Gasteiger partial charge in [-0.2, -0.15) is 0 Å². The van der Waals surface area contributed by atoms with Gasteiger partial charge in [-0.1, -0.05) is 13.8 Å². The van der Waals surface area contributed by atoms with Crippen molar-refractivity contribution in [3.05, 3.63) is 30.7 Å². The molecule has 3 aromatic rings. The number of rotatable bonds is 4. The average Bonchev–Trinajstić information content (AvgIpc) is 3.09. The molecule has 0 bridgehead atoms. The summed E-state index contributed by atoms with van der Waals surface area (Å²) in [4.78, 5) is 27.0. The number of pyridine rings is 2. The molecule has 1 atom stereocenters. The molecule has 1 aliphatic heterocycles. The van der Waals surface area contributed by atoms with Gasteiger partial charge in [-0.15, -0.1) is 0 Å². The number of piperidine rings is 1. The van der Waals surface area contributed by atoms with Crippen LogP contribution in [-0.4, -0.2) is 33.8 Å². The smallest absolute Gasteiger partial charge is 0.159 e. The lowest BCUT2D eigenvalue weighted by molar-refractivity contribution is -0.123. The number of aromatic nitrogens is 3. The monoisotopic (exact) mass is 336 g/mol. The first kappa shape index (κ1) is 16.1. The molecule has 0 amide bonds. The summed E-state index contributed by atoms with van der Waals surface area (Å²) in [5, 5.41) is 2.22. The highest BCUT2D eigenvalue weighted by molar-refractivity contribution is 6.10. The van der Waals surface area contributed by atoms with Crippen LogP contribution in [0.3, 0.4) is 0 Å². The van der Waals surface area contributed by atoms with Crippen LogP contribution >= 0.6 is 0 Å². The molecule has 130 valence electrons. The van der Waals surface area contributed by atoms with E-state index in [0.717, 1.165) is 47.9 Å². The fraction of sp³-hybridized carbons (Fsp3) is 0.450. The second kappa shape index (κ2) is 6.47. The van der Waals surface area contributed by atoms with Gasteiger partial charge in [0.05, 0.1) is 11.7 Å². The lowest BCUT2D eigenvalue weighted by Gasteiger charge is -2.34. The van der Waals surface area contributed by atoms with Gasteiger partial charge in [0.2, 0.25) is 0 Å². The summed E-state index contributed by atoms with van der Waals surface area (Å²) in [6.45, 7) is 6.03. The van der Waals surface area contributed by atoms with Crippen molar-refractivity contribution >= 4 is 33.4 Å². The first-order valence-corrected chi connectivity index (χ1v) is 9.12. The Kier molecular flexibility index (Phi) is 4.15. The Morgan fingerprint density at radius 3 is 3.08 bits per heavy atom. The normalized spacial score (nSPS) is 18.4. The second-order valence-electron chi connectivity index (χ2n) is 7.44. The summed E-state index contributed by atoms with van der Waals surface area (Å²) in [7, 11) is 0. The second-order valence-corrected chi connectivity index (χ2v) is 7.44. The molecule has 1 unspecified atom stereocenters. The minimum Gasteiger partial charge on any atom is -0.370 e. The van der Waals surface area contributed by atoms with Crippen LogP contribution in [0, 0.1) is 11.8 Å². The van der Waals surface area contributed by atoms with Crippen molar-refractivity contribution in [2.45, 2.75) is 33.1 Å². The van der Waals surface area contributed by atoms with E-state index >= 15 is 0 Å². The molecule has 0 radical (unpaired) electrons. The fourth-order valence-corrected chi connectivity index (χ4v) is 3.93. The van der Waals surface area contributed by atoms with E-state index in [-0.39, 0.29) is 5.92 Å². The number of H-pyrrole nitrogens is 1. The molecule has 1 saturated heterocycles. The zero-order chi connectivity index (χ0) is 17.4. The van der Waals surface area contributed by atoms with Gasteiger partial charge in [-0.25, -0.2) is 9.97 Å². The molecular formula is C20H24N4O. The van der Waals surface area contributed by atoms with E-state index in [9.17, 15) is 4.79 Å². The van der Waals surface area contributed by atoms with Gasteiger partial charge in [-0.05, 0) is 30.9 Å². The summed E-state index contributed by atoms with van der Waals surface area (Å²) in [5.74, 6) is 0.981. The summed E-state index contributed by atoms with van der Waals surface area (Å²) < 4.78 is 0. The van der Waals surface area contributed by atoms with Crippen molar-refractivity contribution in [1.82, 2.24) is 15.0 Å². The van der Waals surface area contributed by atoms with E-state index in [1.807, 2.05) is 18.5 Å². The van der Waals surface area contributed by atoms with Crippen LogP contribution in [0.5, 0.6) is 0 Å². The van der Waals surface area contributed by atoms with Crippen LogP contribution in [0.15, 0.2) is 30.7 Å². The summed E-state index contributed by atoms with van der Waals surface area (Å²) in [6, 6.07) is 4.14. The Hall–Kier alpha value is -2.43. The van der Waals surface area contributed by atoms with E-state index in [4.69, 9.17) is 0 Å². The molecule has 0 aliphatic carbocycles. The predicted octanol–water partition coefficient (Wildman–Crippen LogP) is 3.94. The van der Waals surface area contributed by atoms with Gasteiger partial charge in [0.1, 0.15) is 5.78 Å². The fourth-order valence-electron chi connectivity index (χ4n) is 3.93. The quantitative estimate of drug-likeness (QED) is 0.784. The number of nitrogens with one attached hydrogen (secondary N) is 1. The third-order valence-electron chi connectivity index (χ3n) is 5.10. The minimum atomic E-state index is 0.144. The van der Waals surface area contributed by atoms with Gasteiger partial charge in [-0.3, -0.25) is 4.79 Å². The molecule has 0 aromatic carbocycles. The van der Waals surface area contributed by atoms with Gasteiger partial charge in [0, 0.05) is 54.3 Å². The van der Waals surface area contributed by atoms with Crippen molar-refractivity contribution in [3.8, 4) is 0 Å². The number of anilines is 1. The molecule has 3 aromatic heterocycles. The van der Waals surface area contributed by atoms with Crippen molar-refractivity contribution in [1.29, 1.82) is 0 Å². The van der Waals surface area contributed by atoms with Gasteiger partial charge in [0.25, 0.3) is 0 Å². The zero-order valence-corrected chi connectivity index (χ0v) is 14.8. The van der Waals surface area contributed by atoms with Crippen LogP contribution in [0.25, 0.3) is 21.9 Å². The third kappa shape index (κ3) is 2.99. The molecule has 1 aliphatic rings. The van der Waals surface area contributed by atoms with Crippen molar-refractivity contribution < 1.29 is 4.79 Å². The Balaban J connectivity index is 1.71. The number of carbonyl (C=O) groups excluding carboxylic acids is 1. The summed E-state index contributed by atoms with van der Waals surface area (Å²) >= 11 is 0. The van der Waals surface area contributed by atoms with E-state index in [2.05, 4.69) is 39.8 Å². The Labute approximate surface area is 147 Å². The highest BCUT2D eigenvalue weighted by atomic mass is 16.1. The summed E-state index contributed by atoms with van der Waals surface area (Å²) in [5.41, 5.74) is 2.96. The predicted molar refractivity (Wildman–Crippen MR) is 101 cm³/mol. The first-order chi connectivity index (χ1) is 12.1. The van der Waals surface area contributed by atoms with Crippen LogP contribution in [0.4, 0.5) is 5.69 Å². The van der Waals surface area contributed by atoms with Crippen LogP contribution in [-0.2, 0) is 4.79 Å². The number of hydrogen-bond acceptors (Lipinski definition) is 4. The van der Waals surface area contributed by atoms with E-state index in [1.165, 1.54) is 5.69 Å². The van der Waals surface area contributed by atoms with Gasteiger partial charge in [0.15, 0.2) is 5.65 Å². The number of hydrogen-bond donors (Lipinski definition) is 1. The number of carbonyl (C=O) groups is 1. The van der Waals surface area contributed by atoms with Gasteiger partial charge < -0.3 is 9.88 Å². The molecule has 0 spiro atoms. The van der Waals surface area contributed by atoms with Crippen LogP contribution < -0.4 is 4.90 Å². The lowest BCUT2D eigenvalue weighted by atomic mass is 9.89. The largest absolute Gasteiger partial charge is 0.370 e. The number of fused-ring (bicyclic) bond motifs is 3. The molecular weight excluding hydrogens is 312 g/mol. The molecule has 5 nitrogen and oxygen atoms in total. The van der Waals surface area contributed by atoms with Crippen LogP contribution in [0.2, 0.25) is 0 Å². The Morgan fingerprint density at radius 1 is 1.36 bits per heavy atom. The lowest BCUT2D eigenvalue weighted by Crippen LogP contribution is -2.39. The van der Waals surface area contributed by atoms with Crippen molar-refractivity contribution in [3.63, 3.8) is 0 Å². The summed E-state index contributed by atoms with van der Waals surface area (Å²) in [6.07, 6.45) is 8.36. The molecule has 1 N–H and O–H groups in total. The van der Waals surface area contributed by atoms with Crippen LogP contribution in [0.1, 0.15) is 33.1 Å². The van der Waals surface area contributed by atoms with Crippen molar-refractivity contribution in [2.75, 3.05) is 18.0 Å². The van der Waals surface area contributed by atoms with Crippen molar-refractivity contribution in [2.24, 2.45) is 11.8 Å². The standard InChI is InChI=1S/C20H24N4O/c1-13(2)10-18(25)14-4-3-9-24(12-14)17-6-8-21-16-11-23-20-15(19(16)17)5-7-22-20/h5-8,11,13-14,21H,3-4,9-10,12H2,1-2H3. The SMILES string of the molecule is CC(C)CC(=O)C1CCCN(c2cc[nH]c3cnc4nccc4c23)C1. The number of aromatic amines is 1. The molecule has 0 saturated carbocycles. The molecule has 1 fully saturated rings. The first-order valence-electron chi connectivity index (χ1n) is 9.12. The Morgan fingerprint density at radius 2 is 2.24 bits per heavy atom. The topological polar surface area (TPSA) is 61.9 Å². The van der Waals surface area contributed by atoms with Gasteiger partial charge >= 0.3 is 0 Å². The molecule has 4 heterocycles. The highest BCUT2D eigenvalue weighted by Gasteiger charge is 2.27.